The molecule has 1 unspecified atom stereocenters. The largest absolute Gasteiger partial charge is 0.378 e. The zero-order chi connectivity index (χ0) is 9.90. The van der Waals surface area contributed by atoms with Crippen molar-refractivity contribution in [3.05, 3.63) is 0 Å². The lowest BCUT2D eigenvalue weighted by atomic mass is 10.2. The lowest BCUT2D eigenvalue weighted by Gasteiger charge is -2.31. The van der Waals surface area contributed by atoms with E-state index in [-0.39, 0.29) is 12.6 Å². The van der Waals surface area contributed by atoms with Crippen molar-refractivity contribution in [2.75, 3.05) is 39.7 Å². The first-order valence-electron chi connectivity index (χ1n) is 4.11. The molecule has 1 aliphatic rings. The first-order chi connectivity index (χ1) is 5.99. The molecule has 1 aliphatic heterocycles. The SMILES string of the molecule is CN1CCOCC1COS(C)(=O)=O. The molecule has 78 valence electrons. The Morgan fingerprint density at radius 1 is 1.62 bits per heavy atom. The third kappa shape index (κ3) is 4.04. The summed E-state index contributed by atoms with van der Waals surface area (Å²) in [4.78, 5) is 2.04. The van der Waals surface area contributed by atoms with E-state index in [9.17, 15) is 8.42 Å². The van der Waals surface area contributed by atoms with Crippen LogP contribution in [0.25, 0.3) is 0 Å². The van der Waals surface area contributed by atoms with E-state index in [0.29, 0.717) is 13.2 Å². The summed E-state index contributed by atoms with van der Waals surface area (Å²) in [6.45, 7) is 2.23. The lowest BCUT2D eigenvalue weighted by molar-refractivity contribution is -0.00971. The fourth-order valence-corrected chi connectivity index (χ4v) is 1.52. The number of ether oxygens (including phenoxy) is 1. The first-order valence-corrected chi connectivity index (χ1v) is 5.93. The highest BCUT2D eigenvalue weighted by Gasteiger charge is 2.20. The molecule has 0 aliphatic carbocycles. The summed E-state index contributed by atoms with van der Waals surface area (Å²) in [5.41, 5.74) is 0. The summed E-state index contributed by atoms with van der Waals surface area (Å²) in [7, 11) is -1.40. The summed E-state index contributed by atoms with van der Waals surface area (Å²) < 4.78 is 31.3. The molecule has 5 nitrogen and oxygen atoms in total. The van der Waals surface area contributed by atoms with Crippen LogP contribution < -0.4 is 0 Å². The quantitative estimate of drug-likeness (QED) is 0.575. The molecule has 6 heteroatoms. The third-order valence-corrected chi connectivity index (χ3v) is 2.56. The van der Waals surface area contributed by atoms with Gasteiger partial charge in [0.05, 0.1) is 32.1 Å². The highest BCUT2D eigenvalue weighted by atomic mass is 32.2. The van der Waals surface area contributed by atoms with E-state index in [1.807, 2.05) is 11.9 Å². The molecule has 0 saturated carbocycles. The molecule has 0 amide bonds. The number of rotatable bonds is 3. The zero-order valence-electron chi connectivity index (χ0n) is 7.89. The molecule has 0 aromatic rings. The van der Waals surface area contributed by atoms with Gasteiger partial charge in [-0.2, -0.15) is 8.42 Å². The Morgan fingerprint density at radius 2 is 2.31 bits per heavy atom. The van der Waals surface area contributed by atoms with Gasteiger partial charge in [-0.1, -0.05) is 0 Å². The van der Waals surface area contributed by atoms with Crippen LogP contribution in [0.2, 0.25) is 0 Å². The van der Waals surface area contributed by atoms with Crippen molar-refractivity contribution in [3.8, 4) is 0 Å². The van der Waals surface area contributed by atoms with Crippen molar-refractivity contribution < 1.29 is 17.3 Å². The van der Waals surface area contributed by atoms with E-state index in [0.717, 1.165) is 12.8 Å². The minimum atomic E-state index is -3.33. The Labute approximate surface area is 78.7 Å². The number of hydrogen-bond acceptors (Lipinski definition) is 5. The second-order valence-corrected chi connectivity index (χ2v) is 4.84. The molecular formula is C7H15NO4S. The molecule has 0 N–H and O–H groups in total. The minimum absolute atomic E-state index is 0.0449. The van der Waals surface area contributed by atoms with Gasteiger partial charge in [-0.15, -0.1) is 0 Å². The van der Waals surface area contributed by atoms with Gasteiger partial charge >= 0.3 is 0 Å². The van der Waals surface area contributed by atoms with Gasteiger partial charge in [0.25, 0.3) is 10.1 Å². The average molecular weight is 209 g/mol. The summed E-state index contributed by atoms with van der Waals surface area (Å²) in [6.07, 6.45) is 1.05. The summed E-state index contributed by atoms with van der Waals surface area (Å²) in [5, 5.41) is 0. The summed E-state index contributed by atoms with van der Waals surface area (Å²) in [6, 6.07) is 0.0449. The van der Waals surface area contributed by atoms with E-state index in [4.69, 9.17) is 4.74 Å². The molecule has 0 bridgehead atoms. The maximum absolute atomic E-state index is 10.7. The highest BCUT2D eigenvalue weighted by molar-refractivity contribution is 7.85. The van der Waals surface area contributed by atoms with Crippen LogP contribution in [0, 0.1) is 0 Å². The third-order valence-electron chi connectivity index (χ3n) is 2.00. The number of nitrogens with zero attached hydrogens (tertiary/aromatic N) is 1. The van der Waals surface area contributed by atoms with Crippen molar-refractivity contribution in [1.29, 1.82) is 0 Å². The minimum Gasteiger partial charge on any atom is -0.378 e. The first kappa shape index (κ1) is 10.9. The Kier molecular flexibility index (Phi) is 3.66. The van der Waals surface area contributed by atoms with Crippen molar-refractivity contribution in [2.45, 2.75) is 6.04 Å². The normalized spacial score (nSPS) is 26.2. The molecule has 1 rings (SSSR count). The van der Waals surface area contributed by atoms with Gasteiger partial charge in [-0.05, 0) is 7.05 Å². The van der Waals surface area contributed by atoms with E-state index < -0.39 is 10.1 Å². The smallest absolute Gasteiger partial charge is 0.264 e. The van der Waals surface area contributed by atoms with Crippen LogP contribution in [-0.2, 0) is 19.0 Å². The van der Waals surface area contributed by atoms with Crippen molar-refractivity contribution in [1.82, 2.24) is 4.90 Å². The van der Waals surface area contributed by atoms with Crippen LogP contribution >= 0.6 is 0 Å². The topological polar surface area (TPSA) is 55.8 Å². The molecule has 1 fully saturated rings. The predicted octanol–water partition coefficient (Wildman–Crippen LogP) is -0.707. The van der Waals surface area contributed by atoms with E-state index in [2.05, 4.69) is 4.18 Å². The predicted molar refractivity (Wildman–Crippen MR) is 48.0 cm³/mol. The summed E-state index contributed by atoms with van der Waals surface area (Å²) >= 11 is 0. The second kappa shape index (κ2) is 4.36. The van der Waals surface area contributed by atoms with E-state index in [1.54, 1.807) is 0 Å². The maximum Gasteiger partial charge on any atom is 0.264 e. The molecule has 1 heterocycles. The fourth-order valence-electron chi connectivity index (χ4n) is 1.12. The monoisotopic (exact) mass is 209 g/mol. The molecule has 0 spiro atoms. The molecule has 0 radical (unpaired) electrons. The molecule has 13 heavy (non-hydrogen) atoms. The van der Waals surface area contributed by atoms with Gasteiger partial charge in [0.15, 0.2) is 0 Å². The zero-order valence-corrected chi connectivity index (χ0v) is 8.71. The Bertz CT molecular complexity index is 251. The number of morpholine rings is 1. The van der Waals surface area contributed by atoms with Crippen molar-refractivity contribution >= 4 is 10.1 Å². The van der Waals surface area contributed by atoms with Crippen LogP contribution in [0.4, 0.5) is 0 Å². The Hall–Kier alpha value is -0.170. The number of likely N-dealkylation sites (N-methyl/N-ethyl adjacent to an activating group) is 1. The fraction of sp³-hybridized carbons (Fsp3) is 1.00. The highest BCUT2D eigenvalue weighted by Crippen LogP contribution is 2.05. The molecular weight excluding hydrogens is 194 g/mol. The molecule has 0 aromatic heterocycles. The van der Waals surface area contributed by atoms with Gasteiger partial charge in [0.2, 0.25) is 0 Å². The standard InChI is InChI=1S/C7H15NO4S/c1-8-3-4-11-5-7(8)6-12-13(2,9)10/h7H,3-6H2,1-2H3. The van der Waals surface area contributed by atoms with Gasteiger partial charge in [0, 0.05) is 6.54 Å². The van der Waals surface area contributed by atoms with E-state index in [1.165, 1.54) is 0 Å². The van der Waals surface area contributed by atoms with Crippen LogP contribution in [0.1, 0.15) is 0 Å². The van der Waals surface area contributed by atoms with Gasteiger partial charge in [-0.25, -0.2) is 0 Å². The Morgan fingerprint density at radius 3 is 2.85 bits per heavy atom. The van der Waals surface area contributed by atoms with Gasteiger partial charge < -0.3 is 4.74 Å². The van der Waals surface area contributed by atoms with Crippen molar-refractivity contribution in [2.24, 2.45) is 0 Å². The van der Waals surface area contributed by atoms with Crippen LogP contribution in [0.5, 0.6) is 0 Å². The average Bonchev–Trinajstić information content (AvgIpc) is 2.01. The van der Waals surface area contributed by atoms with Crippen LogP contribution in [0.15, 0.2) is 0 Å². The van der Waals surface area contributed by atoms with Crippen LogP contribution in [0.3, 0.4) is 0 Å². The number of hydrogen-bond donors (Lipinski definition) is 0. The van der Waals surface area contributed by atoms with Crippen molar-refractivity contribution in [3.63, 3.8) is 0 Å². The second-order valence-electron chi connectivity index (χ2n) is 3.20. The van der Waals surface area contributed by atoms with Gasteiger partial charge in [-0.3, -0.25) is 9.08 Å². The molecule has 1 saturated heterocycles. The summed E-state index contributed by atoms with van der Waals surface area (Å²) in [5.74, 6) is 0. The van der Waals surface area contributed by atoms with E-state index >= 15 is 0 Å². The lowest BCUT2D eigenvalue weighted by Crippen LogP contribution is -2.45. The molecule has 0 aromatic carbocycles. The Balaban J connectivity index is 2.35. The van der Waals surface area contributed by atoms with Crippen LogP contribution in [-0.4, -0.2) is 59.0 Å². The maximum atomic E-state index is 10.7. The molecule has 1 atom stereocenters. The van der Waals surface area contributed by atoms with Gasteiger partial charge in [0.1, 0.15) is 0 Å².